The Hall–Kier alpha value is -2.53. The number of amides is 2. The van der Waals surface area contributed by atoms with Gasteiger partial charge in [0.15, 0.2) is 0 Å². The van der Waals surface area contributed by atoms with E-state index in [1.54, 1.807) is 23.1 Å². The highest BCUT2D eigenvalue weighted by molar-refractivity contribution is 6.31. The second kappa shape index (κ2) is 8.01. The summed E-state index contributed by atoms with van der Waals surface area (Å²) in [4.78, 5) is 27.1. The van der Waals surface area contributed by atoms with Crippen molar-refractivity contribution in [2.24, 2.45) is 5.92 Å². The van der Waals surface area contributed by atoms with Crippen molar-refractivity contribution < 1.29 is 14.3 Å². The van der Waals surface area contributed by atoms with Gasteiger partial charge in [0.1, 0.15) is 5.75 Å². The Morgan fingerprint density at radius 3 is 2.70 bits per heavy atom. The molecule has 1 heterocycles. The minimum atomic E-state index is -0.429. The molecule has 1 N–H and O–H groups in total. The van der Waals surface area contributed by atoms with Crippen LogP contribution in [0.25, 0.3) is 0 Å². The Balaban J connectivity index is 1.78. The third-order valence-electron chi connectivity index (χ3n) is 4.76. The first kappa shape index (κ1) is 19.2. The summed E-state index contributed by atoms with van der Waals surface area (Å²) in [6, 6.07) is 12.9. The summed E-state index contributed by atoms with van der Waals surface area (Å²) < 4.78 is 5.27. The first-order valence-corrected chi connectivity index (χ1v) is 9.32. The smallest absolute Gasteiger partial charge is 0.229 e. The van der Waals surface area contributed by atoms with E-state index in [0.717, 1.165) is 11.3 Å². The molecule has 0 aliphatic carbocycles. The maximum atomic E-state index is 12.7. The lowest BCUT2D eigenvalue weighted by molar-refractivity contribution is -0.122. The van der Waals surface area contributed by atoms with Gasteiger partial charge in [-0.3, -0.25) is 9.59 Å². The first-order valence-electron chi connectivity index (χ1n) is 8.94. The highest BCUT2D eigenvalue weighted by Gasteiger charge is 2.36. The van der Waals surface area contributed by atoms with E-state index in [0.29, 0.717) is 23.0 Å². The number of hydrogen-bond acceptors (Lipinski definition) is 3. The van der Waals surface area contributed by atoms with E-state index in [-0.39, 0.29) is 24.2 Å². The van der Waals surface area contributed by atoms with Gasteiger partial charge in [-0.15, -0.1) is 0 Å². The van der Waals surface area contributed by atoms with Crippen LogP contribution in [-0.4, -0.2) is 25.5 Å². The molecule has 27 heavy (non-hydrogen) atoms. The minimum absolute atomic E-state index is 0.0405. The van der Waals surface area contributed by atoms with E-state index >= 15 is 0 Å². The molecular weight excluding hydrogens is 364 g/mol. The number of carbonyl (C=O) groups excluding carboxylic acids is 2. The van der Waals surface area contributed by atoms with Crippen molar-refractivity contribution in [3.63, 3.8) is 0 Å². The van der Waals surface area contributed by atoms with Gasteiger partial charge < -0.3 is 15.0 Å². The van der Waals surface area contributed by atoms with Crippen molar-refractivity contribution in [2.75, 3.05) is 23.9 Å². The molecule has 0 bridgehead atoms. The molecule has 1 aliphatic rings. The highest BCUT2D eigenvalue weighted by Crippen LogP contribution is 2.33. The van der Waals surface area contributed by atoms with Crippen molar-refractivity contribution in [1.29, 1.82) is 0 Å². The number of nitrogens with zero attached hydrogens (tertiary/aromatic N) is 1. The monoisotopic (exact) mass is 386 g/mol. The van der Waals surface area contributed by atoms with E-state index in [4.69, 9.17) is 16.3 Å². The number of methoxy groups -OCH3 is 1. The van der Waals surface area contributed by atoms with Gasteiger partial charge in [0, 0.05) is 23.7 Å². The molecule has 0 aromatic heterocycles. The average Bonchev–Trinajstić information content (AvgIpc) is 3.03. The lowest BCUT2D eigenvalue weighted by Gasteiger charge is -2.22. The first-order chi connectivity index (χ1) is 12.9. The Morgan fingerprint density at radius 1 is 1.26 bits per heavy atom. The normalized spacial score (nSPS) is 16.7. The van der Waals surface area contributed by atoms with Crippen LogP contribution in [0.4, 0.5) is 11.4 Å². The topological polar surface area (TPSA) is 58.6 Å². The van der Waals surface area contributed by atoms with Gasteiger partial charge in [0.05, 0.1) is 18.7 Å². The van der Waals surface area contributed by atoms with Crippen LogP contribution in [0.2, 0.25) is 5.02 Å². The van der Waals surface area contributed by atoms with Gasteiger partial charge in [0.2, 0.25) is 11.8 Å². The van der Waals surface area contributed by atoms with Gasteiger partial charge in [-0.05, 0) is 35.7 Å². The Bertz CT molecular complexity index is 866. The number of rotatable bonds is 5. The minimum Gasteiger partial charge on any atom is -0.495 e. The Labute approximate surface area is 164 Å². The molecule has 0 saturated carbocycles. The Morgan fingerprint density at radius 2 is 2.00 bits per heavy atom. The predicted molar refractivity (Wildman–Crippen MR) is 108 cm³/mol. The second-order valence-corrected chi connectivity index (χ2v) is 7.39. The summed E-state index contributed by atoms with van der Waals surface area (Å²) in [5, 5.41) is 3.35. The van der Waals surface area contributed by atoms with Crippen molar-refractivity contribution in [2.45, 2.75) is 26.2 Å². The molecule has 5 nitrogen and oxygen atoms in total. The number of para-hydroxylation sites is 1. The number of anilines is 2. The molecule has 1 unspecified atom stereocenters. The third-order valence-corrected chi connectivity index (χ3v) is 5.00. The molecule has 1 atom stereocenters. The van der Waals surface area contributed by atoms with Gasteiger partial charge in [-0.1, -0.05) is 43.6 Å². The summed E-state index contributed by atoms with van der Waals surface area (Å²) >= 11 is 6.02. The number of nitrogens with one attached hydrogen (secondary N) is 1. The molecule has 1 aliphatic heterocycles. The summed E-state index contributed by atoms with van der Waals surface area (Å²) in [6.45, 7) is 4.54. The molecule has 1 saturated heterocycles. The van der Waals surface area contributed by atoms with Crippen LogP contribution in [0.5, 0.6) is 5.75 Å². The summed E-state index contributed by atoms with van der Waals surface area (Å²) in [5.74, 6) is 0.132. The van der Waals surface area contributed by atoms with Crippen LogP contribution >= 0.6 is 11.6 Å². The van der Waals surface area contributed by atoms with Crippen molar-refractivity contribution in [3.8, 4) is 5.75 Å². The lowest BCUT2D eigenvalue weighted by atomic mass is 10.0. The molecule has 3 rings (SSSR count). The zero-order chi connectivity index (χ0) is 19.6. The van der Waals surface area contributed by atoms with Crippen LogP contribution in [0.1, 0.15) is 31.7 Å². The summed E-state index contributed by atoms with van der Waals surface area (Å²) in [7, 11) is 1.53. The standard InChI is InChI=1S/C21H23ClN2O3/c1-13(2)16-6-4-5-7-18(16)24-12-14(10-20(24)25)21(26)23-17-11-15(22)8-9-19(17)27-3/h4-9,11,13-14H,10,12H2,1-3H3,(H,23,26). The average molecular weight is 387 g/mol. The number of halogens is 1. The van der Waals surface area contributed by atoms with Crippen LogP contribution in [0.3, 0.4) is 0 Å². The largest absolute Gasteiger partial charge is 0.495 e. The van der Waals surface area contributed by atoms with Crippen LogP contribution < -0.4 is 15.0 Å². The van der Waals surface area contributed by atoms with Crippen molar-refractivity contribution >= 4 is 34.8 Å². The summed E-state index contributed by atoms with van der Waals surface area (Å²) in [5.41, 5.74) is 2.49. The molecule has 142 valence electrons. The van der Waals surface area contributed by atoms with Gasteiger partial charge in [-0.2, -0.15) is 0 Å². The van der Waals surface area contributed by atoms with E-state index in [2.05, 4.69) is 19.2 Å². The lowest BCUT2D eigenvalue weighted by Crippen LogP contribution is -2.29. The fraction of sp³-hybridized carbons (Fsp3) is 0.333. The second-order valence-electron chi connectivity index (χ2n) is 6.95. The molecule has 1 fully saturated rings. The maximum absolute atomic E-state index is 12.7. The highest BCUT2D eigenvalue weighted by atomic mass is 35.5. The maximum Gasteiger partial charge on any atom is 0.229 e. The Kier molecular flexibility index (Phi) is 5.71. The van der Waals surface area contributed by atoms with E-state index in [1.807, 2.05) is 24.3 Å². The molecule has 0 radical (unpaired) electrons. The number of benzene rings is 2. The van der Waals surface area contributed by atoms with Gasteiger partial charge in [-0.25, -0.2) is 0 Å². The number of carbonyl (C=O) groups is 2. The van der Waals surface area contributed by atoms with Gasteiger partial charge in [0.25, 0.3) is 0 Å². The van der Waals surface area contributed by atoms with Crippen molar-refractivity contribution in [1.82, 2.24) is 0 Å². The SMILES string of the molecule is COc1ccc(Cl)cc1NC(=O)C1CC(=O)N(c2ccccc2C(C)C)C1. The van der Waals surface area contributed by atoms with Gasteiger partial charge >= 0.3 is 0 Å². The predicted octanol–water partition coefficient (Wildman–Crippen LogP) is 4.46. The fourth-order valence-corrected chi connectivity index (χ4v) is 3.52. The number of ether oxygens (including phenoxy) is 1. The van der Waals surface area contributed by atoms with E-state index in [1.165, 1.54) is 7.11 Å². The molecule has 2 amide bonds. The van der Waals surface area contributed by atoms with Crippen LogP contribution in [-0.2, 0) is 9.59 Å². The van der Waals surface area contributed by atoms with Crippen molar-refractivity contribution in [3.05, 3.63) is 53.1 Å². The van der Waals surface area contributed by atoms with Crippen LogP contribution in [0.15, 0.2) is 42.5 Å². The van der Waals surface area contributed by atoms with E-state index < -0.39 is 5.92 Å². The third kappa shape index (κ3) is 4.08. The molecule has 2 aromatic rings. The van der Waals surface area contributed by atoms with Crippen LogP contribution in [0, 0.1) is 5.92 Å². The van der Waals surface area contributed by atoms with E-state index in [9.17, 15) is 9.59 Å². The zero-order valence-electron chi connectivity index (χ0n) is 15.7. The fourth-order valence-electron chi connectivity index (χ4n) is 3.35. The molecular formula is C21H23ClN2O3. The summed E-state index contributed by atoms with van der Waals surface area (Å²) in [6.07, 6.45) is 0.182. The molecule has 2 aromatic carbocycles. The molecule has 0 spiro atoms. The molecule has 6 heteroatoms. The number of hydrogen-bond donors (Lipinski definition) is 1. The zero-order valence-corrected chi connectivity index (χ0v) is 16.4. The quantitative estimate of drug-likeness (QED) is 0.825.